The number of anilines is 1. The molecule has 0 fully saturated rings. The molecule has 0 spiro atoms. The SMILES string of the molecule is CC(C)NC(=O)C(C)Nc1ccc(OC(F)(F)F)c(Br)c1. The molecule has 0 aliphatic rings. The molecule has 0 saturated carbocycles. The molecule has 1 aromatic rings. The van der Waals surface area contributed by atoms with Crippen molar-refractivity contribution in [3.63, 3.8) is 0 Å². The van der Waals surface area contributed by atoms with Crippen molar-refractivity contribution in [2.45, 2.75) is 39.2 Å². The van der Waals surface area contributed by atoms with E-state index < -0.39 is 12.4 Å². The van der Waals surface area contributed by atoms with E-state index in [1.54, 1.807) is 6.92 Å². The number of carbonyl (C=O) groups is 1. The first-order valence-corrected chi connectivity index (χ1v) is 7.00. The van der Waals surface area contributed by atoms with Crippen LogP contribution in [0, 0.1) is 0 Å². The van der Waals surface area contributed by atoms with E-state index in [4.69, 9.17) is 0 Å². The first-order chi connectivity index (χ1) is 9.58. The second kappa shape index (κ2) is 7.02. The average molecular weight is 369 g/mol. The van der Waals surface area contributed by atoms with Crippen LogP contribution < -0.4 is 15.4 Å². The highest BCUT2D eigenvalue weighted by Crippen LogP contribution is 2.32. The predicted octanol–water partition coefficient (Wildman–Crippen LogP) is 3.67. The highest BCUT2D eigenvalue weighted by atomic mass is 79.9. The van der Waals surface area contributed by atoms with Crippen molar-refractivity contribution in [1.29, 1.82) is 0 Å². The van der Waals surface area contributed by atoms with E-state index in [9.17, 15) is 18.0 Å². The van der Waals surface area contributed by atoms with Gasteiger partial charge in [0.2, 0.25) is 5.91 Å². The van der Waals surface area contributed by atoms with E-state index in [1.807, 2.05) is 13.8 Å². The summed E-state index contributed by atoms with van der Waals surface area (Å²) >= 11 is 3.00. The van der Waals surface area contributed by atoms with Crippen LogP contribution in [0.2, 0.25) is 0 Å². The molecule has 0 aliphatic heterocycles. The van der Waals surface area contributed by atoms with Crippen LogP contribution in [0.3, 0.4) is 0 Å². The van der Waals surface area contributed by atoms with Gasteiger partial charge in [-0.25, -0.2) is 0 Å². The van der Waals surface area contributed by atoms with Gasteiger partial charge in [-0.3, -0.25) is 4.79 Å². The van der Waals surface area contributed by atoms with Crippen molar-refractivity contribution < 1.29 is 22.7 Å². The van der Waals surface area contributed by atoms with E-state index in [0.29, 0.717) is 5.69 Å². The monoisotopic (exact) mass is 368 g/mol. The van der Waals surface area contributed by atoms with Gasteiger partial charge < -0.3 is 15.4 Å². The highest BCUT2D eigenvalue weighted by molar-refractivity contribution is 9.10. The molecule has 1 unspecified atom stereocenters. The molecule has 1 atom stereocenters. The van der Waals surface area contributed by atoms with Gasteiger partial charge >= 0.3 is 6.36 Å². The van der Waals surface area contributed by atoms with Gasteiger partial charge in [0.1, 0.15) is 11.8 Å². The fourth-order valence-electron chi connectivity index (χ4n) is 1.52. The van der Waals surface area contributed by atoms with Crippen LogP contribution in [0.15, 0.2) is 22.7 Å². The molecule has 1 rings (SSSR count). The Morgan fingerprint density at radius 2 is 1.90 bits per heavy atom. The number of nitrogens with one attached hydrogen (secondary N) is 2. The van der Waals surface area contributed by atoms with Crippen molar-refractivity contribution in [2.75, 3.05) is 5.32 Å². The normalized spacial score (nSPS) is 13.0. The summed E-state index contributed by atoms with van der Waals surface area (Å²) in [7, 11) is 0. The minimum absolute atomic E-state index is 0.0102. The number of ether oxygens (including phenoxy) is 1. The quantitative estimate of drug-likeness (QED) is 0.833. The van der Waals surface area contributed by atoms with Crippen molar-refractivity contribution >= 4 is 27.5 Å². The van der Waals surface area contributed by atoms with Crippen molar-refractivity contribution in [3.05, 3.63) is 22.7 Å². The Hall–Kier alpha value is -1.44. The van der Waals surface area contributed by atoms with Gasteiger partial charge in [-0.15, -0.1) is 13.2 Å². The molecule has 2 N–H and O–H groups in total. The predicted molar refractivity (Wildman–Crippen MR) is 77.2 cm³/mol. The van der Waals surface area contributed by atoms with Crippen LogP contribution in [-0.4, -0.2) is 24.4 Å². The second-order valence-electron chi connectivity index (χ2n) is 4.72. The van der Waals surface area contributed by atoms with Crippen LogP contribution in [0.25, 0.3) is 0 Å². The number of carbonyl (C=O) groups excluding carboxylic acids is 1. The third-order valence-corrected chi connectivity index (χ3v) is 2.98. The lowest BCUT2D eigenvalue weighted by atomic mass is 10.2. The van der Waals surface area contributed by atoms with E-state index in [2.05, 4.69) is 31.3 Å². The Labute approximate surface area is 129 Å². The Balaban J connectivity index is 2.73. The van der Waals surface area contributed by atoms with Crippen LogP contribution in [0.4, 0.5) is 18.9 Å². The number of hydrogen-bond donors (Lipinski definition) is 2. The van der Waals surface area contributed by atoms with Gasteiger partial charge in [-0.1, -0.05) is 0 Å². The van der Waals surface area contributed by atoms with Crippen LogP contribution in [0.1, 0.15) is 20.8 Å². The van der Waals surface area contributed by atoms with Gasteiger partial charge in [-0.2, -0.15) is 0 Å². The average Bonchev–Trinajstić information content (AvgIpc) is 2.30. The number of alkyl halides is 3. The van der Waals surface area contributed by atoms with Crippen LogP contribution >= 0.6 is 15.9 Å². The van der Waals surface area contributed by atoms with Gasteiger partial charge in [0.15, 0.2) is 0 Å². The molecule has 0 bridgehead atoms. The summed E-state index contributed by atoms with van der Waals surface area (Å²) in [4.78, 5) is 11.7. The molecule has 1 amide bonds. The summed E-state index contributed by atoms with van der Waals surface area (Å²) in [6, 6.07) is 3.49. The molecule has 1 aromatic carbocycles. The molecule has 0 saturated heterocycles. The van der Waals surface area contributed by atoms with Crippen molar-refractivity contribution in [3.8, 4) is 5.75 Å². The number of benzene rings is 1. The molecular weight excluding hydrogens is 353 g/mol. The largest absolute Gasteiger partial charge is 0.573 e. The maximum absolute atomic E-state index is 12.1. The van der Waals surface area contributed by atoms with Gasteiger partial charge in [0.25, 0.3) is 0 Å². The van der Waals surface area contributed by atoms with Crippen LogP contribution in [0.5, 0.6) is 5.75 Å². The molecular formula is C13H16BrF3N2O2. The lowest BCUT2D eigenvalue weighted by Gasteiger charge is -2.18. The first-order valence-electron chi connectivity index (χ1n) is 6.20. The molecule has 0 heterocycles. The first kappa shape index (κ1) is 17.6. The molecule has 0 aliphatic carbocycles. The Morgan fingerprint density at radius 1 is 1.29 bits per heavy atom. The van der Waals surface area contributed by atoms with E-state index in [1.165, 1.54) is 18.2 Å². The number of rotatable bonds is 5. The minimum Gasteiger partial charge on any atom is -0.405 e. The maximum atomic E-state index is 12.1. The van der Waals surface area contributed by atoms with Crippen molar-refractivity contribution in [1.82, 2.24) is 5.32 Å². The van der Waals surface area contributed by atoms with Gasteiger partial charge in [-0.05, 0) is 54.9 Å². The molecule has 8 heteroatoms. The summed E-state index contributed by atoms with van der Waals surface area (Å²) < 4.78 is 40.4. The fraction of sp³-hybridized carbons (Fsp3) is 0.462. The molecule has 118 valence electrons. The molecule has 21 heavy (non-hydrogen) atoms. The maximum Gasteiger partial charge on any atom is 0.573 e. The molecule has 0 aromatic heterocycles. The number of hydrogen-bond acceptors (Lipinski definition) is 3. The Morgan fingerprint density at radius 3 is 2.38 bits per heavy atom. The zero-order valence-electron chi connectivity index (χ0n) is 11.7. The summed E-state index contributed by atoms with van der Waals surface area (Å²) in [6.07, 6.45) is -4.75. The molecule has 0 radical (unpaired) electrons. The van der Waals surface area contributed by atoms with Gasteiger partial charge in [0.05, 0.1) is 4.47 Å². The summed E-state index contributed by atoms with van der Waals surface area (Å²) in [6.45, 7) is 5.33. The van der Waals surface area contributed by atoms with Crippen LogP contribution in [-0.2, 0) is 4.79 Å². The number of amides is 1. The van der Waals surface area contributed by atoms with E-state index in [0.717, 1.165) is 0 Å². The lowest BCUT2D eigenvalue weighted by molar-refractivity contribution is -0.274. The van der Waals surface area contributed by atoms with E-state index in [-0.39, 0.29) is 22.2 Å². The zero-order chi connectivity index (χ0) is 16.2. The Bertz CT molecular complexity index is 507. The standard InChI is InChI=1S/C13H16BrF3N2O2/c1-7(2)18-12(20)8(3)19-9-4-5-11(10(14)6-9)21-13(15,16)17/h4-8,19H,1-3H3,(H,18,20). The Kier molecular flexibility index (Phi) is 5.88. The lowest BCUT2D eigenvalue weighted by Crippen LogP contribution is -2.40. The van der Waals surface area contributed by atoms with E-state index >= 15 is 0 Å². The minimum atomic E-state index is -4.75. The summed E-state index contributed by atoms with van der Waals surface area (Å²) in [5.74, 6) is -0.538. The number of halogens is 4. The highest BCUT2D eigenvalue weighted by Gasteiger charge is 2.32. The third kappa shape index (κ3) is 6.24. The summed E-state index contributed by atoms with van der Waals surface area (Å²) in [5.41, 5.74) is 0.503. The fourth-order valence-corrected chi connectivity index (χ4v) is 1.98. The van der Waals surface area contributed by atoms with Crippen molar-refractivity contribution in [2.24, 2.45) is 0 Å². The van der Waals surface area contributed by atoms with Gasteiger partial charge in [0, 0.05) is 11.7 Å². The summed E-state index contributed by atoms with van der Waals surface area (Å²) in [5, 5.41) is 5.63. The molecule has 4 nitrogen and oxygen atoms in total. The smallest absolute Gasteiger partial charge is 0.405 e. The zero-order valence-corrected chi connectivity index (χ0v) is 13.3. The second-order valence-corrected chi connectivity index (χ2v) is 5.58. The topological polar surface area (TPSA) is 50.4 Å². The third-order valence-electron chi connectivity index (χ3n) is 2.36.